The van der Waals surface area contributed by atoms with Gasteiger partial charge in [0.2, 0.25) is 9.84 Å². The highest BCUT2D eigenvalue weighted by Gasteiger charge is 2.31. The second kappa shape index (κ2) is 11.1. The summed E-state index contributed by atoms with van der Waals surface area (Å²) in [5.74, 6) is -0.623. The Balaban J connectivity index is 1.98. The summed E-state index contributed by atoms with van der Waals surface area (Å²) in [4.78, 5) is 11.5. The van der Waals surface area contributed by atoms with E-state index in [2.05, 4.69) is 0 Å². The fourth-order valence-electron chi connectivity index (χ4n) is 2.99. The van der Waals surface area contributed by atoms with E-state index in [0.717, 1.165) is 12.1 Å². The number of carbonyl (C=O) groups is 1. The smallest absolute Gasteiger partial charge is 0.416 e. The predicted octanol–water partition coefficient (Wildman–Crippen LogP) is 5.93. The van der Waals surface area contributed by atoms with Gasteiger partial charge in [-0.2, -0.15) is 13.2 Å². The van der Waals surface area contributed by atoms with Gasteiger partial charge in [-0.1, -0.05) is 11.6 Å². The predicted molar refractivity (Wildman–Crippen MR) is 124 cm³/mol. The second-order valence-electron chi connectivity index (χ2n) is 7.13. The lowest BCUT2D eigenvalue weighted by atomic mass is 10.2. The fraction of sp³-hybridized carbons (Fsp3) is 0.208. The summed E-state index contributed by atoms with van der Waals surface area (Å²) in [5.41, 5.74) is -0.959. The Kier molecular flexibility index (Phi) is 8.36. The van der Waals surface area contributed by atoms with Crippen LogP contribution in [0.25, 0.3) is 0 Å². The van der Waals surface area contributed by atoms with Crippen molar-refractivity contribution >= 4 is 27.4 Å². The molecule has 3 aromatic carbocycles. The number of esters is 1. The molecule has 36 heavy (non-hydrogen) atoms. The quantitative estimate of drug-likeness (QED) is 0.308. The van der Waals surface area contributed by atoms with Gasteiger partial charge in [0.25, 0.3) is 0 Å². The summed E-state index contributed by atoms with van der Waals surface area (Å²) in [6.07, 6.45) is -4.59. The van der Waals surface area contributed by atoms with Gasteiger partial charge in [0.1, 0.15) is 27.9 Å². The van der Waals surface area contributed by atoms with Crippen molar-refractivity contribution in [3.8, 4) is 23.0 Å². The van der Waals surface area contributed by atoms with E-state index < -0.39 is 34.2 Å². The van der Waals surface area contributed by atoms with Gasteiger partial charge in [-0.25, -0.2) is 13.2 Å². The van der Waals surface area contributed by atoms with E-state index in [0.29, 0.717) is 11.8 Å². The Hall–Kier alpha value is -3.44. The number of methoxy groups -OCH3 is 1. The molecule has 0 spiro atoms. The molecule has 0 saturated heterocycles. The fourth-order valence-corrected chi connectivity index (χ4v) is 4.59. The van der Waals surface area contributed by atoms with E-state index in [1.165, 1.54) is 49.6 Å². The molecular weight excluding hydrogens is 525 g/mol. The van der Waals surface area contributed by atoms with Gasteiger partial charge < -0.3 is 18.9 Å². The van der Waals surface area contributed by atoms with Crippen LogP contribution in [-0.4, -0.2) is 34.7 Å². The number of rotatable bonds is 9. The molecule has 12 heteroatoms. The van der Waals surface area contributed by atoms with Gasteiger partial charge in [-0.05, 0) is 61.5 Å². The maximum Gasteiger partial charge on any atom is 0.416 e. The van der Waals surface area contributed by atoms with E-state index in [1.807, 2.05) is 0 Å². The van der Waals surface area contributed by atoms with Gasteiger partial charge in [0.05, 0.1) is 29.2 Å². The van der Waals surface area contributed by atoms with Crippen LogP contribution in [0.3, 0.4) is 0 Å². The third kappa shape index (κ3) is 6.41. The first-order valence-corrected chi connectivity index (χ1v) is 12.2. The van der Waals surface area contributed by atoms with Crippen molar-refractivity contribution < 1.29 is 45.3 Å². The van der Waals surface area contributed by atoms with Crippen molar-refractivity contribution in [1.82, 2.24) is 0 Å². The van der Waals surface area contributed by atoms with Crippen molar-refractivity contribution in [1.29, 1.82) is 0 Å². The minimum absolute atomic E-state index is 0.00389. The minimum atomic E-state index is -4.59. The number of alkyl halides is 3. The Morgan fingerprint density at radius 2 is 1.61 bits per heavy atom. The molecule has 0 radical (unpaired) electrons. The third-order valence-corrected chi connectivity index (χ3v) is 6.82. The van der Waals surface area contributed by atoms with Crippen molar-refractivity contribution in [2.24, 2.45) is 0 Å². The van der Waals surface area contributed by atoms with Crippen molar-refractivity contribution in [3.63, 3.8) is 0 Å². The molecule has 0 N–H and O–H groups in total. The van der Waals surface area contributed by atoms with E-state index in [-0.39, 0.29) is 38.7 Å². The molecule has 0 aliphatic rings. The molecule has 0 heterocycles. The Morgan fingerprint density at radius 1 is 0.944 bits per heavy atom. The maximum absolute atomic E-state index is 13.3. The third-order valence-electron chi connectivity index (χ3n) is 4.71. The van der Waals surface area contributed by atoms with Crippen LogP contribution < -0.4 is 14.2 Å². The van der Waals surface area contributed by atoms with Gasteiger partial charge >= 0.3 is 12.1 Å². The maximum atomic E-state index is 13.3. The Labute approximate surface area is 210 Å². The SMILES string of the molecule is CCOC(=O)COc1cc(Oc2ccc(C(F)(F)F)cc2Cl)ccc1S(=O)(=O)c1ccc(OC)cc1. The number of benzene rings is 3. The first-order valence-electron chi connectivity index (χ1n) is 10.3. The molecule has 3 aromatic rings. The van der Waals surface area contributed by atoms with Crippen LogP contribution in [0, 0.1) is 0 Å². The van der Waals surface area contributed by atoms with Gasteiger partial charge in [-0.3, -0.25) is 0 Å². The molecule has 0 atom stereocenters. The Morgan fingerprint density at radius 3 is 2.19 bits per heavy atom. The van der Waals surface area contributed by atoms with Crippen LogP contribution in [-0.2, 0) is 25.5 Å². The zero-order valence-electron chi connectivity index (χ0n) is 19.0. The summed E-state index contributed by atoms with van der Waals surface area (Å²) >= 11 is 5.95. The molecule has 0 amide bonds. The molecular formula is C24H20ClF3O7S. The molecule has 3 rings (SSSR count). The van der Waals surface area contributed by atoms with Crippen molar-refractivity contribution in [2.45, 2.75) is 22.9 Å². The number of halogens is 4. The molecule has 0 unspecified atom stereocenters. The monoisotopic (exact) mass is 544 g/mol. The lowest BCUT2D eigenvalue weighted by Crippen LogP contribution is -2.16. The second-order valence-corrected chi connectivity index (χ2v) is 9.45. The number of ether oxygens (including phenoxy) is 4. The normalized spacial score (nSPS) is 11.6. The standard InChI is InChI=1S/C24H20ClF3O7S/c1-3-33-23(29)14-34-21-13-17(35-20-10-4-15(12-19(20)25)24(26,27)28)7-11-22(21)36(30,31)18-8-5-16(32-2)6-9-18/h4-13H,3,14H2,1-2H3. The highest BCUT2D eigenvalue weighted by atomic mass is 35.5. The van der Waals surface area contributed by atoms with Gasteiger partial charge in [0.15, 0.2) is 6.61 Å². The van der Waals surface area contributed by atoms with Crippen LogP contribution in [0.15, 0.2) is 70.5 Å². The topological polar surface area (TPSA) is 88.1 Å². The molecule has 0 bridgehead atoms. The first-order chi connectivity index (χ1) is 17.0. The molecule has 0 aromatic heterocycles. The summed E-state index contributed by atoms with van der Waals surface area (Å²) in [6, 6.07) is 11.8. The van der Waals surface area contributed by atoms with Gasteiger partial charge in [-0.15, -0.1) is 0 Å². The van der Waals surface area contributed by atoms with E-state index >= 15 is 0 Å². The van der Waals surface area contributed by atoms with E-state index in [4.69, 9.17) is 30.5 Å². The van der Waals surface area contributed by atoms with Crippen molar-refractivity contribution in [3.05, 3.63) is 71.2 Å². The highest BCUT2D eigenvalue weighted by Crippen LogP contribution is 2.39. The Bertz CT molecular complexity index is 1340. The molecule has 0 aliphatic heterocycles. The van der Waals surface area contributed by atoms with Crippen LogP contribution in [0.2, 0.25) is 5.02 Å². The summed E-state index contributed by atoms with van der Waals surface area (Å²) in [7, 11) is -2.68. The van der Waals surface area contributed by atoms with Crippen LogP contribution >= 0.6 is 11.6 Å². The van der Waals surface area contributed by atoms with E-state index in [9.17, 15) is 26.4 Å². The first kappa shape index (κ1) is 27.2. The number of sulfone groups is 1. The number of carbonyl (C=O) groups excluding carboxylic acids is 1. The largest absolute Gasteiger partial charge is 0.497 e. The molecule has 7 nitrogen and oxygen atoms in total. The zero-order valence-corrected chi connectivity index (χ0v) is 20.5. The van der Waals surface area contributed by atoms with Gasteiger partial charge in [0, 0.05) is 6.07 Å². The minimum Gasteiger partial charge on any atom is -0.497 e. The average molecular weight is 545 g/mol. The average Bonchev–Trinajstić information content (AvgIpc) is 2.83. The summed E-state index contributed by atoms with van der Waals surface area (Å²) in [6.45, 7) is 1.10. The lowest BCUT2D eigenvalue weighted by molar-refractivity contribution is -0.145. The lowest BCUT2D eigenvalue weighted by Gasteiger charge is -2.15. The highest BCUT2D eigenvalue weighted by molar-refractivity contribution is 7.91. The van der Waals surface area contributed by atoms with E-state index in [1.54, 1.807) is 6.92 Å². The molecule has 0 fully saturated rings. The molecule has 192 valence electrons. The summed E-state index contributed by atoms with van der Waals surface area (Å²) < 4.78 is 86.1. The number of hydrogen-bond acceptors (Lipinski definition) is 7. The van der Waals surface area contributed by atoms with Crippen molar-refractivity contribution in [2.75, 3.05) is 20.3 Å². The number of hydrogen-bond donors (Lipinski definition) is 0. The van der Waals surface area contributed by atoms with Crippen LogP contribution in [0.4, 0.5) is 13.2 Å². The van der Waals surface area contributed by atoms with Crippen LogP contribution in [0.1, 0.15) is 12.5 Å². The van der Waals surface area contributed by atoms with Crippen LogP contribution in [0.5, 0.6) is 23.0 Å². The molecule has 0 aliphatic carbocycles. The summed E-state index contributed by atoms with van der Waals surface area (Å²) in [5, 5.41) is -0.311. The molecule has 0 saturated carbocycles. The zero-order chi connectivity index (χ0) is 26.5.